The Kier molecular flexibility index (Phi) is 4.00. The van der Waals surface area contributed by atoms with Crippen LogP contribution in [0.5, 0.6) is 0 Å². The summed E-state index contributed by atoms with van der Waals surface area (Å²) in [7, 11) is 0. The number of anilines is 1. The summed E-state index contributed by atoms with van der Waals surface area (Å²) >= 11 is 0. The maximum absolute atomic E-state index is 13.2. The molecule has 1 heterocycles. The van der Waals surface area contributed by atoms with Crippen molar-refractivity contribution in [2.45, 2.75) is 32.7 Å². The summed E-state index contributed by atoms with van der Waals surface area (Å²) in [6, 6.07) is 4.83. The average molecular weight is 236 g/mol. The summed E-state index contributed by atoms with van der Waals surface area (Å²) < 4.78 is 13.2. The number of nitrogens with two attached hydrogens (primary N) is 1. The highest BCUT2D eigenvalue weighted by Crippen LogP contribution is 2.23. The molecule has 0 aliphatic carbocycles. The molecule has 1 fully saturated rings. The number of benzene rings is 1. The van der Waals surface area contributed by atoms with E-state index >= 15 is 0 Å². The predicted octanol–water partition coefficient (Wildman–Crippen LogP) is 3.03. The molecule has 3 heteroatoms. The van der Waals surface area contributed by atoms with Gasteiger partial charge in [0.25, 0.3) is 0 Å². The lowest BCUT2D eigenvalue weighted by atomic mass is 10.0. The van der Waals surface area contributed by atoms with Gasteiger partial charge >= 0.3 is 0 Å². The molecule has 0 bridgehead atoms. The van der Waals surface area contributed by atoms with Crippen LogP contribution in [0.2, 0.25) is 0 Å². The Labute approximate surface area is 103 Å². The predicted molar refractivity (Wildman–Crippen MR) is 69.1 cm³/mol. The molecular formula is C14H21FN2. The second kappa shape index (κ2) is 5.50. The van der Waals surface area contributed by atoms with Crippen LogP contribution < -0.4 is 5.73 Å². The van der Waals surface area contributed by atoms with Crippen molar-refractivity contribution in [1.29, 1.82) is 0 Å². The summed E-state index contributed by atoms with van der Waals surface area (Å²) in [5, 5.41) is 0. The van der Waals surface area contributed by atoms with Crippen molar-refractivity contribution in [1.82, 2.24) is 4.90 Å². The fraction of sp³-hybridized carbons (Fsp3) is 0.571. The van der Waals surface area contributed by atoms with Gasteiger partial charge in [-0.05, 0) is 49.1 Å². The van der Waals surface area contributed by atoms with Crippen molar-refractivity contribution in [3.8, 4) is 0 Å². The van der Waals surface area contributed by atoms with Gasteiger partial charge in [0.1, 0.15) is 5.82 Å². The Hall–Kier alpha value is -1.09. The van der Waals surface area contributed by atoms with Crippen molar-refractivity contribution < 1.29 is 4.39 Å². The van der Waals surface area contributed by atoms with Crippen LogP contribution in [0.3, 0.4) is 0 Å². The smallest absolute Gasteiger partial charge is 0.125 e. The number of nitrogen functional groups attached to an aromatic ring is 1. The molecule has 0 aromatic heterocycles. The Bertz CT molecular complexity index is 358. The first-order chi connectivity index (χ1) is 8.17. The van der Waals surface area contributed by atoms with Crippen molar-refractivity contribution in [2.24, 2.45) is 5.92 Å². The first-order valence-corrected chi connectivity index (χ1v) is 6.44. The van der Waals surface area contributed by atoms with Crippen LogP contribution >= 0.6 is 0 Å². The van der Waals surface area contributed by atoms with Gasteiger partial charge in [-0.1, -0.05) is 13.3 Å². The van der Waals surface area contributed by atoms with Crippen LogP contribution in [-0.4, -0.2) is 18.0 Å². The van der Waals surface area contributed by atoms with Crippen LogP contribution in [0, 0.1) is 11.7 Å². The number of hydrogen-bond acceptors (Lipinski definition) is 2. The van der Waals surface area contributed by atoms with Gasteiger partial charge < -0.3 is 5.73 Å². The molecule has 1 aliphatic rings. The Morgan fingerprint density at radius 3 is 2.94 bits per heavy atom. The highest BCUT2D eigenvalue weighted by molar-refractivity contribution is 5.41. The number of likely N-dealkylation sites (tertiary alicyclic amines) is 1. The molecule has 1 atom stereocenters. The lowest BCUT2D eigenvalue weighted by molar-refractivity contribution is 0.312. The lowest BCUT2D eigenvalue weighted by Crippen LogP contribution is -2.20. The highest BCUT2D eigenvalue weighted by Gasteiger charge is 2.21. The van der Waals surface area contributed by atoms with Crippen LogP contribution in [0.4, 0.5) is 10.1 Å². The van der Waals surface area contributed by atoms with Gasteiger partial charge in [-0.25, -0.2) is 4.39 Å². The highest BCUT2D eigenvalue weighted by atomic mass is 19.1. The van der Waals surface area contributed by atoms with Gasteiger partial charge in [0.05, 0.1) is 0 Å². The molecule has 0 amide bonds. The van der Waals surface area contributed by atoms with E-state index < -0.39 is 0 Å². The summed E-state index contributed by atoms with van der Waals surface area (Å²) in [6.45, 7) is 5.32. The summed E-state index contributed by atoms with van der Waals surface area (Å²) in [4.78, 5) is 2.40. The molecule has 2 rings (SSSR count). The number of halogens is 1. The van der Waals surface area contributed by atoms with E-state index in [1.54, 1.807) is 6.07 Å². The van der Waals surface area contributed by atoms with Crippen LogP contribution in [0.1, 0.15) is 31.7 Å². The second-order valence-electron chi connectivity index (χ2n) is 5.07. The maximum atomic E-state index is 13.2. The zero-order valence-electron chi connectivity index (χ0n) is 10.5. The van der Waals surface area contributed by atoms with Gasteiger partial charge in [-0.2, -0.15) is 0 Å². The van der Waals surface area contributed by atoms with Crippen LogP contribution in [0.25, 0.3) is 0 Å². The second-order valence-corrected chi connectivity index (χ2v) is 5.07. The topological polar surface area (TPSA) is 29.3 Å². The van der Waals surface area contributed by atoms with Gasteiger partial charge in [-0.15, -0.1) is 0 Å². The standard InChI is InChI=1S/C14H21FN2/c1-2-3-11-4-5-17(9-11)10-12-6-13(15)8-14(16)7-12/h6-8,11H,2-5,9-10,16H2,1H3. The molecule has 1 aromatic carbocycles. The van der Waals surface area contributed by atoms with E-state index in [2.05, 4.69) is 11.8 Å². The normalized spacial score (nSPS) is 20.9. The molecule has 1 saturated heterocycles. The molecule has 1 aromatic rings. The SMILES string of the molecule is CCCC1CCN(Cc2cc(N)cc(F)c2)C1. The van der Waals surface area contributed by atoms with Gasteiger partial charge in [-0.3, -0.25) is 4.90 Å². The first kappa shape index (κ1) is 12.4. The molecule has 1 unspecified atom stereocenters. The third-order valence-corrected chi connectivity index (χ3v) is 3.45. The number of nitrogens with zero attached hydrogens (tertiary/aromatic N) is 1. The van der Waals surface area contributed by atoms with Gasteiger partial charge in [0.2, 0.25) is 0 Å². The molecule has 0 spiro atoms. The summed E-state index contributed by atoms with van der Waals surface area (Å²) in [6.07, 6.45) is 3.84. The van der Waals surface area contributed by atoms with Crippen molar-refractivity contribution in [2.75, 3.05) is 18.8 Å². The zero-order chi connectivity index (χ0) is 12.3. The fourth-order valence-electron chi connectivity index (χ4n) is 2.73. The molecule has 2 nitrogen and oxygen atoms in total. The first-order valence-electron chi connectivity index (χ1n) is 6.44. The van der Waals surface area contributed by atoms with E-state index in [4.69, 9.17) is 5.73 Å². The third-order valence-electron chi connectivity index (χ3n) is 3.45. The molecular weight excluding hydrogens is 215 g/mol. The van der Waals surface area contributed by atoms with E-state index in [9.17, 15) is 4.39 Å². The van der Waals surface area contributed by atoms with Crippen molar-refractivity contribution in [3.63, 3.8) is 0 Å². The molecule has 1 aliphatic heterocycles. The Morgan fingerprint density at radius 2 is 2.24 bits per heavy atom. The van der Waals surface area contributed by atoms with Crippen LogP contribution in [0.15, 0.2) is 18.2 Å². The zero-order valence-corrected chi connectivity index (χ0v) is 10.5. The largest absolute Gasteiger partial charge is 0.399 e. The molecule has 2 N–H and O–H groups in total. The molecule has 94 valence electrons. The lowest BCUT2D eigenvalue weighted by Gasteiger charge is -2.16. The number of rotatable bonds is 4. The quantitative estimate of drug-likeness (QED) is 0.814. The van der Waals surface area contributed by atoms with Crippen LogP contribution in [-0.2, 0) is 6.54 Å². The monoisotopic (exact) mass is 236 g/mol. The molecule has 17 heavy (non-hydrogen) atoms. The Balaban J connectivity index is 1.93. The minimum atomic E-state index is -0.232. The van der Waals surface area contributed by atoms with Crippen molar-refractivity contribution >= 4 is 5.69 Å². The minimum absolute atomic E-state index is 0.232. The maximum Gasteiger partial charge on any atom is 0.125 e. The van der Waals surface area contributed by atoms with Crippen molar-refractivity contribution in [3.05, 3.63) is 29.6 Å². The molecule has 0 radical (unpaired) electrons. The summed E-state index contributed by atoms with van der Waals surface area (Å²) in [5.41, 5.74) is 7.15. The van der Waals surface area contributed by atoms with E-state index in [-0.39, 0.29) is 5.82 Å². The van der Waals surface area contributed by atoms with E-state index in [0.717, 1.165) is 31.1 Å². The third kappa shape index (κ3) is 3.43. The van der Waals surface area contributed by atoms with Gasteiger partial charge in [0.15, 0.2) is 0 Å². The van der Waals surface area contributed by atoms with Gasteiger partial charge in [0, 0.05) is 18.8 Å². The Morgan fingerprint density at radius 1 is 1.41 bits per heavy atom. The van der Waals surface area contributed by atoms with E-state index in [1.165, 1.54) is 25.3 Å². The molecule has 0 saturated carbocycles. The minimum Gasteiger partial charge on any atom is -0.399 e. The van der Waals surface area contributed by atoms with E-state index in [1.807, 2.05) is 6.07 Å². The number of hydrogen-bond donors (Lipinski definition) is 1. The average Bonchev–Trinajstić information content (AvgIpc) is 2.64. The van der Waals surface area contributed by atoms with E-state index in [0.29, 0.717) is 5.69 Å². The summed E-state index contributed by atoms with van der Waals surface area (Å²) in [5.74, 6) is 0.593. The fourth-order valence-corrected chi connectivity index (χ4v) is 2.73.